The third kappa shape index (κ3) is 3.24. The summed E-state index contributed by atoms with van der Waals surface area (Å²) in [6.07, 6.45) is 0.610. The van der Waals surface area contributed by atoms with Crippen LogP contribution >= 0.6 is 0 Å². The quantitative estimate of drug-likeness (QED) is 0.729. The second-order valence-corrected chi connectivity index (χ2v) is 4.01. The molecule has 0 saturated carbocycles. The fraction of sp³-hybridized carbons (Fsp3) is 0.889. The molecule has 1 heterocycles. The van der Waals surface area contributed by atoms with E-state index >= 15 is 0 Å². The van der Waals surface area contributed by atoms with Gasteiger partial charge >= 0.3 is 0 Å². The summed E-state index contributed by atoms with van der Waals surface area (Å²) in [5.74, 6) is 1.04. The molecule has 1 aromatic heterocycles. The van der Waals surface area contributed by atoms with Gasteiger partial charge in [0, 0.05) is 19.6 Å². The van der Waals surface area contributed by atoms with Crippen LogP contribution in [0.2, 0.25) is 0 Å². The van der Waals surface area contributed by atoms with Crippen LogP contribution in [0.1, 0.15) is 19.7 Å². The summed E-state index contributed by atoms with van der Waals surface area (Å²) >= 11 is 0. The van der Waals surface area contributed by atoms with E-state index in [1.165, 1.54) is 4.80 Å². The van der Waals surface area contributed by atoms with Crippen LogP contribution in [-0.4, -0.2) is 39.5 Å². The zero-order chi connectivity index (χ0) is 11.4. The molecule has 0 spiro atoms. The van der Waals surface area contributed by atoms with Crippen molar-refractivity contribution in [3.8, 4) is 0 Å². The monoisotopic (exact) mass is 213 g/mol. The number of aryl methyl sites for hydroxylation is 1. The third-order valence-corrected chi connectivity index (χ3v) is 2.32. The Bertz CT molecular complexity index is 298. The Labute approximate surface area is 89.8 Å². The number of aromatic nitrogens is 4. The van der Waals surface area contributed by atoms with Crippen molar-refractivity contribution in [1.82, 2.24) is 20.2 Å². The van der Waals surface area contributed by atoms with E-state index in [1.54, 1.807) is 14.2 Å². The molecule has 2 atom stereocenters. The molecule has 2 N–H and O–H groups in total. The summed E-state index contributed by atoms with van der Waals surface area (Å²) < 4.78 is 5.34. The predicted molar refractivity (Wildman–Crippen MR) is 56.1 cm³/mol. The van der Waals surface area contributed by atoms with Crippen molar-refractivity contribution in [2.45, 2.75) is 32.4 Å². The number of hydrogen-bond acceptors (Lipinski definition) is 5. The fourth-order valence-electron chi connectivity index (χ4n) is 1.67. The van der Waals surface area contributed by atoms with Crippen molar-refractivity contribution in [2.24, 2.45) is 18.7 Å². The van der Waals surface area contributed by atoms with Crippen molar-refractivity contribution in [3.63, 3.8) is 0 Å². The molecule has 1 rings (SSSR count). The Morgan fingerprint density at radius 1 is 1.47 bits per heavy atom. The second-order valence-electron chi connectivity index (χ2n) is 4.01. The largest absolute Gasteiger partial charge is 0.380 e. The molecule has 86 valence electrons. The number of rotatable bonds is 5. The van der Waals surface area contributed by atoms with Crippen LogP contribution in [-0.2, 0) is 18.2 Å². The Morgan fingerprint density at radius 3 is 2.53 bits per heavy atom. The zero-order valence-electron chi connectivity index (χ0n) is 9.71. The molecule has 1 aromatic rings. The van der Waals surface area contributed by atoms with Crippen molar-refractivity contribution in [2.75, 3.05) is 7.11 Å². The SMILES string of the molecule is COC(C(C)C)C(N)Cc1nnn(C)n1. The lowest BCUT2D eigenvalue weighted by molar-refractivity contribution is 0.0436. The molecule has 0 saturated heterocycles. The molecule has 6 heteroatoms. The summed E-state index contributed by atoms with van der Waals surface area (Å²) in [4.78, 5) is 1.43. The Morgan fingerprint density at radius 2 is 2.13 bits per heavy atom. The fourth-order valence-corrected chi connectivity index (χ4v) is 1.67. The van der Waals surface area contributed by atoms with Gasteiger partial charge in [0.15, 0.2) is 5.82 Å². The van der Waals surface area contributed by atoms with Crippen molar-refractivity contribution in [1.29, 1.82) is 0 Å². The first kappa shape index (κ1) is 12.1. The van der Waals surface area contributed by atoms with Gasteiger partial charge in [-0.3, -0.25) is 0 Å². The van der Waals surface area contributed by atoms with E-state index in [0.717, 1.165) is 0 Å². The number of tetrazole rings is 1. The molecule has 0 radical (unpaired) electrons. The topological polar surface area (TPSA) is 78.9 Å². The summed E-state index contributed by atoms with van der Waals surface area (Å²) in [5, 5.41) is 11.7. The van der Waals surface area contributed by atoms with Crippen LogP contribution in [0.15, 0.2) is 0 Å². The maximum absolute atomic E-state index is 6.03. The highest BCUT2D eigenvalue weighted by Gasteiger charge is 2.22. The van der Waals surface area contributed by atoms with Gasteiger partial charge in [-0.05, 0) is 11.1 Å². The van der Waals surface area contributed by atoms with Gasteiger partial charge < -0.3 is 10.5 Å². The summed E-state index contributed by atoms with van der Waals surface area (Å²) in [6.45, 7) is 4.16. The summed E-state index contributed by atoms with van der Waals surface area (Å²) in [5.41, 5.74) is 6.03. The Kier molecular flexibility index (Phi) is 4.16. The van der Waals surface area contributed by atoms with Gasteiger partial charge in [-0.25, -0.2) is 0 Å². The van der Waals surface area contributed by atoms with Crippen LogP contribution in [0.25, 0.3) is 0 Å². The Balaban J connectivity index is 2.57. The van der Waals surface area contributed by atoms with Gasteiger partial charge in [0.2, 0.25) is 0 Å². The number of nitrogens with zero attached hydrogens (tertiary/aromatic N) is 4. The molecule has 0 aliphatic rings. The lowest BCUT2D eigenvalue weighted by atomic mass is 9.97. The van der Waals surface area contributed by atoms with Crippen molar-refractivity contribution >= 4 is 0 Å². The lowest BCUT2D eigenvalue weighted by Gasteiger charge is -2.24. The van der Waals surface area contributed by atoms with Gasteiger partial charge in [0.25, 0.3) is 0 Å². The molecule has 0 amide bonds. The smallest absolute Gasteiger partial charge is 0.176 e. The van der Waals surface area contributed by atoms with Gasteiger partial charge in [-0.1, -0.05) is 13.8 Å². The van der Waals surface area contributed by atoms with Crippen LogP contribution in [0.5, 0.6) is 0 Å². The third-order valence-electron chi connectivity index (χ3n) is 2.32. The van der Waals surface area contributed by atoms with Crippen LogP contribution in [0.4, 0.5) is 0 Å². The highest BCUT2D eigenvalue weighted by atomic mass is 16.5. The standard InChI is InChI=1S/C9H19N5O/c1-6(2)9(15-4)7(10)5-8-11-13-14(3)12-8/h6-7,9H,5,10H2,1-4H3. The minimum absolute atomic E-state index is 0.0220. The van der Waals surface area contributed by atoms with E-state index < -0.39 is 0 Å². The van der Waals surface area contributed by atoms with Gasteiger partial charge in [-0.2, -0.15) is 4.80 Å². The molecule has 0 aliphatic carbocycles. The average Bonchev–Trinajstić information content (AvgIpc) is 2.51. The maximum Gasteiger partial charge on any atom is 0.176 e. The molecular weight excluding hydrogens is 194 g/mol. The molecule has 0 aliphatic heterocycles. The zero-order valence-corrected chi connectivity index (χ0v) is 9.71. The number of methoxy groups -OCH3 is 1. The normalized spacial score (nSPS) is 15.6. The second kappa shape index (κ2) is 5.18. The molecular formula is C9H19N5O. The highest BCUT2D eigenvalue weighted by Crippen LogP contribution is 2.11. The van der Waals surface area contributed by atoms with E-state index in [-0.39, 0.29) is 12.1 Å². The van der Waals surface area contributed by atoms with Gasteiger partial charge in [0.05, 0.1) is 13.2 Å². The van der Waals surface area contributed by atoms with E-state index in [0.29, 0.717) is 18.2 Å². The first-order valence-electron chi connectivity index (χ1n) is 5.05. The van der Waals surface area contributed by atoms with Gasteiger partial charge in [0.1, 0.15) is 0 Å². The van der Waals surface area contributed by atoms with E-state index in [2.05, 4.69) is 29.3 Å². The first-order valence-corrected chi connectivity index (χ1v) is 5.05. The minimum Gasteiger partial charge on any atom is -0.380 e. The lowest BCUT2D eigenvalue weighted by Crippen LogP contribution is -2.41. The molecule has 2 unspecified atom stereocenters. The average molecular weight is 213 g/mol. The first-order chi connectivity index (χ1) is 7.04. The number of nitrogens with two attached hydrogens (primary N) is 1. The summed E-state index contributed by atoms with van der Waals surface area (Å²) in [7, 11) is 3.41. The number of ether oxygens (including phenoxy) is 1. The molecule has 15 heavy (non-hydrogen) atoms. The molecule has 0 aromatic carbocycles. The number of hydrogen-bond donors (Lipinski definition) is 1. The molecule has 0 fully saturated rings. The Hall–Kier alpha value is -1.01. The summed E-state index contributed by atoms with van der Waals surface area (Å²) in [6, 6.07) is -0.0980. The van der Waals surface area contributed by atoms with E-state index in [1.807, 2.05) is 0 Å². The molecule has 0 bridgehead atoms. The van der Waals surface area contributed by atoms with E-state index in [9.17, 15) is 0 Å². The predicted octanol–water partition coefficient (Wildman–Crippen LogP) is -0.249. The molecule has 6 nitrogen and oxygen atoms in total. The van der Waals surface area contributed by atoms with E-state index in [4.69, 9.17) is 10.5 Å². The maximum atomic E-state index is 6.03. The van der Waals surface area contributed by atoms with Crippen LogP contribution < -0.4 is 5.73 Å². The minimum atomic E-state index is -0.0980. The van der Waals surface area contributed by atoms with Crippen LogP contribution in [0, 0.1) is 5.92 Å². The van der Waals surface area contributed by atoms with Crippen LogP contribution in [0.3, 0.4) is 0 Å². The van der Waals surface area contributed by atoms with Crippen molar-refractivity contribution < 1.29 is 4.74 Å². The highest BCUT2D eigenvalue weighted by molar-refractivity contribution is 4.88. The van der Waals surface area contributed by atoms with Gasteiger partial charge in [-0.15, -0.1) is 10.2 Å². The van der Waals surface area contributed by atoms with Crippen molar-refractivity contribution in [3.05, 3.63) is 5.82 Å².